The van der Waals surface area contributed by atoms with Crippen molar-refractivity contribution in [2.45, 2.75) is 51.7 Å². The van der Waals surface area contributed by atoms with Crippen molar-refractivity contribution < 1.29 is 0 Å². The molecule has 1 aromatic carbocycles. The second-order valence-electron chi connectivity index (χ2n) is 6.09. The van der Waals surface area contributed by atoms with Crippen LogP contribution < -0.4 is 5.73 Å². The van der Waals surface area contributed by atoms with Gasteiger partial charge in [-0.15, -0.1) is 0 Å². The lowest BCUT2D eigenvalue weighted by Gasteiger charge is -2.44. The van der Waals surface area contributed by atoms with Crippen LogP contribution in [0.1, 0.15) is 45.2 Å². The molecule has 4 unspecified atom stereocenters. The molecule has 1 heterocycles. The third-order valence-electron chi connectivity index (χ3n) is 4.21. The van der Waals surface area contributed by atoms with Crippen molar-refractivity contribution in [1.82, 2.24) is 4.90 Å². The predicted molar refractivity (Wildman–Crippen MR) is 82.4 cm³/mol. The highest BCUT2D eigenvalue weighted by Crippen LogP contribution is 2.33. The Morgan fingerprint density at radius 1 is 1.32 bits per heavy atom. The molecule has 106 valence electrons. The van der Waals surface area contributed by atoms with Crippen LogP contribution in [0.5, 0.6) is 0 Å². The van der Waals surface area contributed by atoms with Gasteiger partial charge in [-0.2, -0.15) is 0 Å². The average Bonchev–Trinajstić information content (AvgIpc) is 2.33. The van der Waals surface area contributed by atoms with E-state index < -0.39 is 0 Å². The monoisotopic (exact) mass is 280 g/mol. The Morgan fingerprint density at radius 3 is 2.68 bits per heavy atom. The Bertz CT molecular complexity index is 419. The molecular formula is C16H25ClN2. The summed E-state index contributed by atoms with van der Waals surface area (Å²) in [6.07, 6.45) is 2.57. The number of rotatable bonds is 3. The number of hydrogen-bond donors (Lipinski definition) is 1. The van der Waals surface area contributed by atoms with Gasteiger partial charge in [-0.05, 0) is 50.3 Å². The summed E-state index contributed by atoms with van der Waals surface area (Å²) in [6.45, 7) is 7.86. The van der Waals surface area contributed by atoms with Crippen LogP contribution in [0.15, 0.2) is 24.3 Å². The average molecular weight is 281 g/mol. The highest BCUT2D eigenvalue weighted by molar-refractivity contribution is 6.30. The van der Waals surface area contributed by atoms with Crippen LogP contribution in [0.25, 0.3) is 0 Å². The summed E-state index contributed by atoms with van der Waals surface area (Å²) in [5, 5.41) is 0.792. The maximum absolute atomic E-state index is 6.27. The molecule has 1 aliphatic rings. The van der Waals surface area contributed by atoms with E-state index in [9.17, 15) is 0 Å². The standard InChI is InChI=1S/C16H25ClN2/c1-11-7-8-12(2)19(10-11)16(13(3)18)14-5-4-6-15(17)9-14/h4-6,9,11-13,16H,7-8,10,18H2,1-3H3. The van der Waals surface area contributed by atoms with Gasteiger partial charge in [0.1, 0.15) is 0 Å². The second kappa shape index (κ2) is 6.25. The Balaban J connectivity index is 2.29. The number of likely N-dealkylation sites (tertiary alicyclic amines) is 1. The summed E-state index contributed by atoms with van der Waals surface area (Å²) >= 11 is 6.14. The number of halogens is 1. The number of nitrogens with two attached hydrogens (primary N) is 1. The van der Waals surface area contributed by atoms with E-state index in [2.05, 4.69) is 37.8 Å². The zero-order valence-electron chi connectivity index (χ0n) is 12.1. The van der Waals surface area contributed by atoms with Crippen LogP contribution in [0, 0.1) is 5.92 Å². The zero-order valence-corrected chi connectivity index (χ0v) is 12.9. The quantitative estimate of drug-likeness (QED) is 0.911. The van der Waals surface area contributed by atoms with Crippen molar-refractivity contribution in [2.75, 3.05) is 6.54 Å². The minimum atomic E-state index is 0.103. The maximum atomic E-state index is 6.27. The zero-order chi connectivity index (χ0) is 14.0. The van der Waals surface area contributed by atoms with Crippen molar-refractivity contribution >= 4 is 11.6 Å². The van der Waals surface area contributed by atoms with Crippen LogP contribution >= 0.6 is 11.6 Å². The van der Waals surface area contributed by atoms with Gasteiger partial charge in [-0.1, -0.05) is 30.7 Å². The summed E-state index contributed by atoms with van der Waals surface area (Å²) in [5.74, 6) is 0.747. The fraction of sp³-hybridized carbons (Fsp3) is 0.625. The summed E-state index contributed by atoms with van der Waals surface area (Å²) in [5.41, 5.74) is 7.51. The lowest BCUT2D eigenvalue weighted by molar-refractivity contribution is 0.0660. The number of benzene rings is 1. The Kier molecular flexibility index (Phi) is 4.88. The van der Waals surface area contributed by atoms with E-state index in [1.54, 1.807) is 0 Å². The fourth-order valence-electron chi connectivity index (χ4n) is 3.20. The van der Waals surface area contributed by atoms with Crippen LogP contribution in [-0.4, -0.2) is 23.5 Å². The largest absolute Gasteiger partial charge is 0.326 e. The van der Waals surface area contributed by atoms with Crippen molar-refractivity contribution in [3.8, 4) is 0 Å². The molecule has 0 saturated carbocycles. The van der Waals surface area contributed by atoms with Crippen molar-refractivity contribution in [2.24, 2.45) is 11.7 Å². The molecule has 2 nitrogen and oxygen atoms in total. The first-order chi connectivity index (χ1) is 8.99. The van der Waals surface area contributed by atoms with Crippen LogP contribution in [-0.2, 0) is 0 Å². The lowest BCUT2D eigenvalue weighted by atomic mass is 9.89. The first-order valence-corrected chi connectivity index (χ1v) is 7.63. The van der Waals surface area contributed by atoms with Crippen LogP contribution in [0.4, 0.5) is 0 Å². The molecule has 0 radical (unpaired) electrons. The number of nitrogens with zero attached hydrogens (tertiary/aromatic N) is 1. The van der Waals surface area contributed by atoms with Crippen LogP contribution in [0.3, 0.4) is 0 Å². The van der Waals surface area contributed by atoms with E-state index in [1.165, 1.54) is 18.4 Å². The van der Waals surface area contributed by atoms with Gasteiger partial charge in [0, 0.05) is 29.7 Å². The molecule has 4 atom stereocenters. The first-order valence-electron chi connectivity index (χ1n) is 7.26. The molecule has 0 bridgehead atoms. The second-order valence-corrected chi connectivity index (χ2v) is 6.52. The molecule has 1 saturated heterocycles. The van der Waals surface area contributed by atoms with Gasteiger partial charge in [-0.3, -0.25) is 4.90 Å². The van der Waals surface area contributed by atoms with Crippen molar-refractivity contribution in [1.29, 1.82) is 0 Å². The molecule has 0 aromatic heterocycles. The highest BCUT2D eigenvalue weighted by atomic mass is 35.5. The van der Waals surface area contributed by atoms with Gasteiger partial charge in [0.2, 0.25) is 0 Å². The van der Waals surface area contributed by atoms with Crippen molar-refractivity contribution in [3.63, 3.8) is 0 Å². The van der Waals surface area contributed by atoms with Gasteiger partial charge in [-0.25, -0.2) is 0 Å². The molecule has 1 aromatic rings. The minimum Gasteiger partial charge on any atom is -0.326 e. The molecular weight excluding hydrogens is 256 g/mol. The number of hydrogen-bond acceptors (Lipinski definition) is 2. The third kappa shape index (κ3) is 3.50. The molecule has 3 heteroatoms. The normalized spacial score (nSPS) is 28.1. The Labute approximate surface area is 121 Å². The summed E-state index contributed by atoms with van der Waals surface area (Å²) in [6, 6.07) is 9.10. The van der Waals surface area contributed by atoms with E-state index in [0.29, 0.717) is 6.04 Å². The molecule has 0 aliphatic carbocycles. The maximum Gasteiger partial charge on any atom is 0.0499 e. The molecule has 2 N–H and O–H groups in total. The smallest absolute Gasteiger partial charge is 0.0499 e. The van der Waals surface area contributed by atoms with E-state index in [-0.39, 0.29) is 12.1 Å². The van der Waals surface area contributed by atoms with E-state index in [0.717, 1.165) is 17.5 Å². The topological polar surface area (TPSA) is 29.3 Å². The van der Waals surface area contributed by atoms with E-state index in [4.69, 9.17) is 17.3 Å². The SMILES string of the molecule is CC1CCC(C)N(C(c2cccc(Cl)c2)C(C)N)C1. The van der Waals surface area contributed by atoms with Gasteiger partial charge in [0.25, 0.3) is 0 Å². The van der Waals surface area contributed by atoms with E-state index in [1.807, 2.05) is 12.1 Å². The Hall–Kier alpha value is -0.570. The van der Waals surface area contributed by atoms with Gasteiger partial charge < -0.3 is 5.73 Å². The molecule has 19 heavy (non-hydrogen) atoms. The molecule has 0 spiro atoms. The highest BCUT2D eigenvalue weighted by Gasteiger charge is 2.32. The summed E-state index contributed by atoms with van der Waals surface area (Å²) < 4.78 is 0. The predicted octanol–water partition coefficient (Wildman–Crippen LogP) is 3.85. The lowest BCUT2D eigenvalue weighted by Crippen LogP contribution is -2.48. The Morgan fingerprint density at radius 2 is 2.05 bits per heavy atom. The van der Waals surface area contributed by atoms with Gasteiger partial charge in [0.15, 0.2) is 0 Å². The number of piperidine rings is 1. The van der Waals surface area contributed by atoms with E-state index >= 15 is 0 Å². The van der Waals surface area contributed by atoms with Crippen LogP contribution in [0.2, 0.25) is 5.02 Å². The fourth-order valence-corrected chi connectivity index (χ4v) is 3.40. The summed E-state index contributed by atoms with van der Waals surface area (Å²) in [7, 11) is 0. The van der Waals surface area contributed by atoms with Gasteiger partial charge in [0.05, 0.1) is 0 Å². The first kappa shape index (κ1) is 14.8. The molecule has 0 amide bonds. The van der Waals surface area contributed by atoms with Gasteiger partial charge >= 0.3 is 0 Å². The molecule has 1 fully saturated rings. The molecule has 2 rings (SSSR count). The summed E-state index contributed by atoms with van der Waals surface area (Å²) in [4.78, 5) is 2.56. The van der Waals surface area contributed by atoms with Crippen molar-refractivity contribution in [3.05, 3.63) is 34.9 Å². The third-order valence-corrected chi connectivity index (χ3v) is 4.45. The molecule has 1 aliphatic heterocycles. The minimum absolute atomic E-state index is 0.103.